The number of hydrogen-bond donors (Lipinski definition) is 1. The molecule has 106 valence electrons. The first kappa shape index (κ1) is 13.9. The van der Waals surface area contributed by atoms with Crippen molar-refractivity contribution in [3.8, 4) is 11.1 Å². The van der Waals surface area contributed by atoms with Crippen LogP contribution in [0.1, 0.15) is 18.5 Å². The molecular formula is C16H13ClFN3. The van der Waals surface area contributed by atoms with Crippen LogP contribution in [-0.4, -0.2) is 10.2 Å². The largest absolute Gasteiger partial charge is 0.324 e. The van der Waals surface area contributed by atoms with Crippen molar-refractivity contribution in [2.45, 2.75) is 13.0 Å². The number of benzene rings is 2. The Morgan fingerprint density at radius 2 is 2.05 bits per heavy atom. The highest BCUT2D eigenvalue weighted by Crippen LogP contribution is 2.37. The lowest BCUT2D eigenvalue weighted by Gasteiger charge is -2.16. The smallest absolute Gasteiger partial charge is 0.123 e. The second kappa shape index (κ2) is 5.39. The van der Waals surface area contributed by atoms with Crippen LogP contribution in [0, 0.1) is 5.82 Å². The van der Waals surface area contributed by atoms with Crippen molar-refractivity contribution < 1.29 is 4.39 Å². The summed E-state index contributed by atoms with van der Waals surface area (Å²) >= 11 is 6.30. The maximum absolute atomic E-state index is 13.6. The number of nitrogens with two attached hydrogens (primary N) is 1. The van der Waals surface area contributed by atoms with Crippen LogP contribution in [-0.2, 0) is 0 Å². The zero-order chi connectivity index (χ0) is 15.0. The van der Waals surface area contributed by atoms with Gasteiger partial charge < -0.3 is 5.73 Å². The van der Waals surface area contributed by atoms with E-state index in [0.717, 1.165) is 16.5 Å². The minimum Gasteiger partial charge on any atom is -0.324 e. The van der Waals surface area contributed by atoms with Crippen LogP contribution in [0.25, 0.3) is 22.0 Å². The molecular weight excluding hydrogens is 289 g/mol. The topological polar surface area (TPSA) is 51.8 Å². The third-order valence-electron chi connectivity index (χ3n) is 3.39. The number of nitrogens with zero attached hydrogens (tertiary/aromatic N) is 2. The summed E-state index contributed by atoms with van der Waals surface area (Å²) in [6.45, 7) is 1.86. The number of aromatic nitrogens is 2. The lowest BCUT2D eigenvalue weighted by molar-refractivity contribution is 0.628. The molecule has 0 aliphatic rings. The van der Waals surface area contributed by atoms with Crippen molar-refractivity contribution in [2.24, 2.45) is 5.73 Å². The van der Waals surface area contributed by atoms with E-state index in [0.29, 0.717) is 16.1 Å². The Bertz CT molecular complexity index is 818. The van der Waals surface area contributed by atoms with E-state index in [-0.39, 0.29) is 11.9 Å². The monoisotopic (exact) mass is 301 g/mol. The quantitative estimate of drug-likeness (QED) is 0.775. The Morgan fingerprint density at radius 1 is 1.24 bits per heavy atom. The minimum absolute atomic E-state index is 0.257. The van der Waals surface area contributed by atoms with Crippen LogP contribution in [0.3, 0.4) is 0 Å². The molecule has 0 saturated heterocycles. The summed E-state index contributed by atoms with van der Waals surface area (Å²) in [7, 11) is 0. The van der Waals surface area contributed by atoms with Crippen LogP contribution in [0.4, 0.5) is 4.39 Å². The Hall–Kier alpha value is -2.04. The van der Waals surface area contributed by atoms with Gasteiger partial charge in [0.15, 0.2) is 0 Å². The lowest BCUT2D eigenvalue weighted by atomic mass is 9.93. The van der Waals surface area contributed by atoms with Gasteiger partial charge >= 0.3 is 0 Å². The minimum atomic E-state index is -0.310. The Kier molecular flexibility index (Phi) is 3.57. The molecule has 5 heteroatoms. The maximum Gasteiger partial charge on any atom is 0.123 e. The van der Waals surface area contributed by atoms with Gasteiger partial charge in [0.1, 0.15) is 11.3 Å². The summed E-state index contributed by atoms with van der Waals surface area (Å²) in [4.78, 5) is 0. The van der Waals surface area contributed by atoms with E-state index in [1.807, 2.05) is 19.1 Å². The summed E-state index contributed by atoms with van der Waals surface area (Å²) in [6.07, 6.45) is 1.58. The maximum atomic E-state index is 13.6. The summed E-state index contributed by atoms with van der Waals surface area (Å²) in [5.74, 6) is -0.310. The van der Waals surface area contributed by atoms with E-state index < -0.39 is 0 Å². The van der Waals surface area contributed by atoms with Crippen molar-refractivity contribution in [3.63, 3.8) is 0 Å². The molecule has 0 aliphatic heterocycles. The van der Waals surface area contributed by atoms with Crippen LogP contribution in [0.15, 0.2) is 42.6 Å². The van der Waals surface area contributed by atoms with Gasteiger partial charge in [-0.2, -0.15) is 5.10 Å². The Labute approximate surface area is 126 Å². The zero-order valence-electron chi connectivity index (χ0n) is 11.3. The highest BCUT2D eigenvalue weighted by molar-refractivity contribution is 6.36. The zero-order valence-corrected chi connectivity index (χ0v) is 12.1. The summed E-state index contributed by atoms with van der Waals surface area (Å²) in [5.41, 5.74) is 8.98. The van der Waals surface area contributed by atoms with Gasteiger partial charge in [-0.25, -0.2) is 4.39 Å². The van der Waals surface area contributed by atoms with Gasteiger partial charge in [-0.05, 0) is 42.3 Å². The molecule has 1 unspecified atom stereocenters. The third kappa shape index (κ3) is 2.48. The molecule has 21 heavy (non-hydrogen) atoms. The van der Waals surface area contributed by atoms with Crippen molar-refractivity contribution >= 4 is 22.5 Å². The molecule has 1 aromatic heterocycles. The van der Waals surface area contributed by atoms with E-state index in [9.17, 15) is 4.39 Å². The highest BCUT2D eigenvalue weighted by Gasteiger charge is 2.17. The predicted octanol–water partition coefficient (Wildman–Crippen LogP) is 4.11. The van der Waals surface area contributed by atoms with E-state index in [1.54, 1.807) is 18.3 Å². The highest BCUT2D eigenvalue weighted by atomic mass is 35.5. The molecule has 0 radical (unpaired) electrons. The third-order valence-corrected chi connectivity index (χ3v) is 3.70. The standard InChI is InChI=1S/C16H13ClFN3/c1-9(19)13-8-14(17)12-5-6-20-21-16(12)15(13)10-3-2-4-11(18)7-10/h2-9H,19H2,1H3. The summed E-state index contributed by atoms with van der Waals surface area (Å²) in [5, 5.41) is 9.43. The molecule has 1 atom stereocenters. The fraction of sp³-hybridized carbons (Fsp3) is 0.125. The fourth-order valence-electron chi connectivity index (χ4n) is 2.44. The molecule has 0 saturated carbocycles. The number of rotatable bonds is 2. The molecule has 3 nitrogen and oxygen atoms in total. The Morgan fingerprint density at radius 3 is 2.76 bits per heavy atom. The van der Waals surface area contributed by atoms with E-state index in [4.69, 9.17) is 17.3 Å². The van der Waals surface area contributed by atoms with Crippen LogP contribution in [0.5, 0.6) is 0 Å². The van der Waals surface area contributed by atoms with Crippen molar-refractivity contribution in [1.82, 2.24) is 10.2 Å². The van der Waals surface area contributed by atoms with Gasteiger partial charge in [0.25, 0.3) is 0 Å². The van der Waals surface area contributed by atoms with Crippen LogP contribution in [0.2, 0.25) is 5.02 Å². The molecule has 0 spiro atoms. The normalized spacial score (nSPS) is 12.6. The molecule has 0 bridgehead atoms. The summed E-state index contributed by atoms with van der Waals surface area (Å²) < 4.78 is 13.6. The van der Waals surface area contributed by atoms with Gasteiger partial charge in [0, 0.05) is 17.0 Å². The molecule has 2 aromatic carbocycles. The first-order valence-electron chi connectivity index (χ1n) is 6.53. The second-order valence-corrected chi connectivity index (χ2v) is 5.32. The van der Waals surface area contributed by atoms with Crippen molar-refractivity contribution in [2.75, 3.05) is 0 Å². The number of halogens is 2. The second-order valence-electron chi connectivity index (χ2n) is 4.92. The van der Waals surface area contributed by atoms with E-state index >= 15 is 0 Å². The molecule has 0 aliphatic carbocycles. The number of fused-ring (bicyclic) bond motifs is 1. The predicted molar refractivity (Wildman–Crippen MR) is 82.5 cm³/mol. The number of hydrogen-bond acceptors (Lipinski definition) is 3. The molecule has 1 heterocycles. The van der Waals surface area contributed by atoms with Gasteiger partial charge in [-0.15, -0.1) is 5.10 Å². The summed E-state index contributed by atoms with van der Waals surface area (Å²) in [6, 6.07) is 9.70. The van der Waals surface area contributed by atoms with Crippen LogP contribution >= 0.6 is 11.6 Å². The average Bonchev–Trinajstić information content (AvgIpc) is 2.47. The lowest BCUT2D eigenvalue weighted by Crippen LogP contribution is -2.08. The first-order valence-corrected chi connectivity index (χ1v) is 6.91. The van der Waals surface area contributed by atoms with Crippen molar-refractivity contribution in [3.05, 3.63) is 59.0 Å². The average molecular weight is 302 g/mol. The van der Waals surface area contributed by atoms with Crippen molar-refractivity contribution in [1.29, 1.82) is 0 Å². The molecule has 0 amide bonds. The fourth-order valence-corrected chi connectivity index (χ4v) is 2.71. The SMILES string of the molecule is CC(N)c1cc(Cl)c2ccnnc2c1-c1cccc(F)c1. The van der Waals surface area contributed by atoms with Gasteiger partial charge in [0.2, 0.25) is 0 Å². The first-order chi connectivity index (χ1) is 10.1. The van der Waals surface area contributed by atoms with Gasteiger partial charge in [-0.3, -0.25) is 0 Å². The van der Waals surface area contributed by atoms with E-state index in [2.05, 4.69) is 10.2 Å². The van der Waals surface area contributed by atoms with Crippen LogP contribution < -0.4 is 5.73 Å². The molecule has 0 fully saturated rings. The molecule has 3 aromatic rings. The molecule has 3 rings (SSSR count). The van der Waals surface area contributed by atoms with Gasteiger partial charge in [-0.1, -0.05) is 23.7 Å². The van der Waals surface area contributed by atoms with Gasteiger partial charge in [0.05, 0.1) is 11.2 Å². The van der Waals surface area contributed by atoms with E-state index in [1.165, 1.54) is 12.1 Å². The Balaban J connectivity index is 2.43. The molecule has 2 N–H and O–H groups in total.